The first kappa shape index (κ1) is 21.2. The maximum Gasteiger partial charge on any atom is 0.251 e. The van der Waals surface area contributed by atoms with Gasteiger partial charge in [-0.05, 0) is 28.7 Å². The summed E-state index contributed by atoms with van der Waals surface area (Å²) >= 11 is 0. The summed E-state index contributed by atoms with van der Waals surface area (Å²) in [5.41, 5.74) is 2.27. The van der Waals surface area contributed by atoms with Crippen molar-refractivity contribution in [1.29, 1.82) is 0 Å². The van der Waals surface area contributed by atoms with Gasteiger partial charge < -0.3 is 16.0 Å². The molecule has 2 aromatic rings. The third-order valence-corrected chi connectivity index (χ3v) is 4.37. The SMILES string of the molecule is CNC(=O)[C@H](NC(=O)CNC(=O)c1ccc(C(C)(C)C)cc1)c1ccccc1. The normalized spacial score (nSPS) is 12.0. The van der Waals surface area contributed by atoms with Crippen molar-refractivity contribution >= 4 is 17.7 Å². The molecule has 2 rings (SSSR count). The van der Waals surface area contributed by atoms with Gasteiger partial charge in [0.1, 0.15) is 6.04 Å². The highest BCUT2D eigenvalue weighted by Crippen LogP contribution is 2.22. The van der Waals surface area contributed by atoms with Gasteiger partial charge >= 0.3 is 0 Å². The molecule has 0 saturated heterocycles. The molecule has 0 heterocycles. The zero-order valence-corrected chi connectivity index (χ0v) is 16.7. The lowest BCUT2D eigenvalue weighted by Gasteiger charge is -2.19. The average Bonchev–Trinajstić information content (AvgIpc) is 2.69. The number of benzene rings is 2. The lowest BCUT2D eigenvalue weighted by Crippen LogP contribution is -2.43. The van der Waals surface area contributed by atoms with E-state index in [2.05, 4.69) is 36.7 Å². The van der Waals surface area contributed by atoms with E-state index >= 15 is 0 Å². The average molecular weight is 381 g/mol. The molecule has 0 fully saturated rings. The van der Waals surface area contributed by atoms with Crippen LogP contribution in [0.4, 0.5) is 0 Å². The molecule has 3 amide bonds. The van der Waals surface area contributed by atoms with Crippen LogP contribution in [0, 0.1) is 0 Å². The van der Waals surface area contributed by atoms with E-state index in [0.29, 0.717) is 11.1 Å². The van der Waals surface area contributed by atoms with Gasteiger partial charge in [-0.25, -0.2) is 0 Å². The van der Waals surface area contributed by atoms with Gasteiger partial charge in [0.15, 0.2) is 0 Å². The van der Waals surface area contributed by atoms with Gasteiger partial charge in [0.25, 0.3) is 5.91 Å². The Balaban J connectivity index is 1.96. The van der Waals surface area contributed by atoms with Gasteiger partial charge in [0.2, 0.25) is 11.8 Å². The van der Waals surface area contributed by atoms with Crippen LogP contribution in [0.2, 0.25) is 0 Å². The van der Waals surface area contributed by atoms with E-state index in [4.69, 9.17) is 0 Å². The standard InChI is InChI=1S/C22H27N3O3/c1-22(2,3)17-12-10-16(11-13-17)20(27)24-14-18(26)25-19(21(28)23-4)15-8-6-5-7-9-15/h5-13,19H,14H2,1-4H3,(H,23,28)(H,24,27)(H,25,26)/t19-/m1/s1. The first-order valence-corrected chi connectivity index (χ1v) is 9.17. The molecule has 0 radical (unpaired) electrons. The van der Waals surface area contributed by atoms with Crippen molar-refractivity contribution in [2.75, 3.05) is 13.6 Å². The first-order chi connectivity index (χ1) is 13.2. The van der Waals surface area contributed by atoms with E-state index in [9.17, 15) is 14.4 Å². The van der Waals surface area contributed by atoms with Crippen molar-refractivity contribution in [3.05, 3.63) is 71.3 Å². The predicted molar refractivity (Wildman–Crippen MR) is 109 cm³/mol. The Morgan fingerprint density at radius 3 is 2.07 bits per heavy atom. The number of rotatable bonds is 6. The molecule has 0 spiro atoms. The fourth-order valence-electron chi connectivity index (χ4n) is 2.69. The first-order valence-electron chi connectivity index (χ1n) is 9.17. The van der Waals surface area contributed by atoms with Crippen LogP contribution in [0.3, 0.4) is 0 Å². The number of hydrogen-bond donors (Lipinski definition) is 3. The summed E-state index contributed by atoms with van der Waals surface area (Å²) in [6.07, 6.45) is 0. The van der Waals surface area contributed by atoms with Crippen molar-refractivity contribution in [3.63, 3.8) is 0 Å². The highest BCUT2D eigenvalue weighted by atomic mass is 16.2. The fraction of sp³-hybridized carbons (Fsp3) is 0.318. The lowest BCUT2D eigenvalue weighted by molar-refractivity contribution is -0.128. The number of hydrogen-bond acceptors (Lipinski definition) is 3. The van der Waals surface area contributed by atoms with Crippen LogP contribution >= 0.6 is 0 Å². The van der Waals surface area contributed by atoms with Gasteiger partial charge in [-0.1, -0.05) is 63.2 Å². The molecule has 0 aliphatic carbocycles. The zero-order chi connectivity index (χ0) is 20.7. The molecule has 0 aliphatic heterocycles. The molecule has 0 saturated carbocycles. The predicted octanol–water partition coefficient (Wildman–Crippen LogP) is 2.32. The number of nitrogens with one attached hydrogen (secondary N) is 3. The monoisotopic (exact) mass is 381 g/mol. The Kier molecular flexibility index (Phi) is 6.93. The molecule has 1 atom stereocenters. The van der Waals surface area contributed by atoms with Crippen LogP contribution in [-0.2, 0) is 15.0 Å². The number of likely N-dealkylation sites (N-methyl/N-ethyl adjacent to an activating group) is 1. The van der Waals surface area contributed by atoms with Crippen LogP contribution in [0.15, 0.2) is 54.6 Å². The summed E-state index contributed by atoms with van der Waals surface area (Å²) in [5, 5.41) is 7.78. The summed E-state index contributed by atoms with van der Waals surface area (Å²) in [7, 11) is 1.51. The fourth-order valence-corrected chi connectivity index (χ4v) is 2.69. The van der Waals surface area contributed by atoms with Crippen molar-refractivity contribution in [2.45, 2.75) is 32.2 Å². The molecular formula is C22H27N3O3. The van der Waals surface area contributed by atoms with Crippen LogP contribution in [-0.4, -0.2) is 31.3 Å². The molecule has 148 valence electrons. The summed E-state index contributed by atoms with van der Waals surface area (Å²) in [5.74, 6) is -1.12. The van der Waals surface area contributed by atoms with E-state index in [0.717, 1.165) is 5.56 Å². The van der Waals surface area contributed by atoms with E-state index < -0.39 is 11.9 Å². The Morgan fingerprint density at radius 2 is 1.54 bits per heavy atom. The molecule has 28 heavy (non-hydrogen) atoms. The minimum atomic E-state index is -0.818. The molecule has 6 nitrogen and oxygen atoms in total. The van der Waals surface area contributed by atoms with Crippen LogP contribution in [0.1, 0.15) is 48.3 Å². The van der Waals surface area contributed by atoms with E-state index in [-0.39, 0.29) is 23.8 Å². The van der Waals surface area contributed by atoms with Crippen molar-refractivity contribution in [2.24, 2.45) is 0 Å². The van der Waals surface area contributed by atoms with Gasteiger partial charge in [-0.15, -0.1) is 0 Å². The Bertz CT molecular complexity index is 824. The van der Waals surface area contributed by atoms with Crippen molar-refractivity contribution < 1.29 is 14.4 Å². The highest BCUT2D eigenvalue weighted by Gasteiger charge is 2.22. The lowest BCUT2D eigenvalue weighted by atomic mass is 9.87. The largest absolute Gasteiger partial charge is 0.357 e. The van der Waals surface area contributed by atoms with Gasteiger partial charge in [-0.3, -0.25) is 14.4 Å². The molecule has 0 aliphatic rings. The second kappa shape index (κ2) is 9.17. The molecule has 0 aromatic heterocycles. The Morgan fingerprint density at radius 1 is 0.929 bits per heavy atom. The maximum absolute atomic E-state index is 12.3. The number of amides is 3. The zero-order valence-electron chi connectivity index (χ0n) is 16.7. The smallest absolute Gasteiger partial charge is 0.251 e. The topological polar surface area (TPSA) is 87.3 Å². The molecule has 6 heteroatoms. The molecule has 0 unspecified atom stereocenters. The maximum atomic E-state index is 12.3. The minimum Gasteiger partial charge on any atom is -0.357 e. The van der Waals surface area contributed by atoms with Crippen molar-refractivity contribution in [1.82, 2.24) is 16.0 Å². The molecular weight excluding hydrogens is 354 g/mol. The van der Waals surface area contributed by atoms with Crippen molar-refractivity contribution in [3.8, 4) is 0 Å². The second-order valence-corrected chi connectivity index (χ2v) is 7.54. The third kappa shape index (κ3) is 5.67. The Hall–Kier alpha value is -3.15. The summed E-state index contributed by atoms with van der Waals surface area (Å²) in [6, 6.07) is 15.4. The molecule has 3 N–H and O–H groups in total. The quantitative estimate of drug-likeness (QED) is 0.718. The Labute approximate surface area is 165 Å². The van der Waals surface area contributed by atoms with Crippen LogP contribution < -0.4 is 16.0 Å². The van der Waals surface area contributed by atoms with E-state index in [1.165, 1.54) is 7.05 Å². The minimum absolute atomic E-state index is 0.00118. The summed E-state index contributed by atoms with van der Waals surface area (Å²) in [4.78, 5) is 36.7. The number of carbonyl (C=O) groups is 3. The highest BCUT2D eigenvalue weighted by molar-refractivity contribution is 5.97. The van der Waals surface area contributed by atoms with Gasteiger partial charge in [0.05, 0.1) is 6.54 Å². The molecule has 0 bridgehead atoms. The summed E-state index contributed by atoms with van der Waals surface area (Å²) < 4.78 is 0. The third-order valence-electron chi connectivity index (χ3n) is 4.37. The van der Waals surface area contributed by atoms with Crippen LogP contribution in [0.25, 0.3) is 0 Å². The van der Waals surface area contributed by atoms with E-state index in [1.807, 2.05) is 18.2 Å². The number of carbonyl (C=O) groups excluding carboxylic acids is 3. The van der Waals surface area contributed by atoms with Gasteiger partial charge in [-0.2, -0.15) is 0 Å². The van der Waals surface area contributed by atoms with Gasteiger partial charge in [0, 0.05) is 12.6 Å². The van der Waals surface area contributed by atoms with Crippen LogP contribution in [0.5, 0.6) is 0 Å². The second-order valence-electron chi connectivity index (χ2n) is 7.54. The summed E-state index contributed by atoms with van der Waals surface area (Å²) in [6.45, 7) is 6.08. The van der Waals surface area contributed by atoms with E-state index in [1.54, 1.807) is 36.4 Å². The molecule has 2 aromatic carbocycles.